The number of rotatable bonds is 2. The Hall–Kier alpha value is -2.28. The maximum atomic E-state index is 5.78. The third-order valence-electron chi connectivity index (χ3n) is 2.20. The molecule has 2 aromatic rings. The minimum Gasteiger partial charge on any atom is -0.381 e. The van der Waals surface area contributed by atoms with Gasteiger partial charge in [-0.2, -0.15) is 0 Å². The molecule has 4 heteroatoms. The molecule has 0 amide bonds. The van der Waals surface area contributed by atoms with Crippen LogP contribution in [-0.2, 0) is 0 Å². The highest BCUT2D eigenvalue weighted by Gasteiger charge is 2.06. The summed E-state index contributed by atoms with van der Waals surface area (Å²) >= 11 is 0. The van der Waals surface area contributed by atoms with Crippen molar-refractivity contribution in [2.45, 2.75) is 13.0 Å². The third kappa shape index (κ3) is 1.89. The summed E-state index contributed by atoms with van der Waals surface area (Å²) in [5, 5.41) is 3.02. The van der Waals surface area contributed by atoms with Gasteiger partial charge in [0.15, 0.2) is 11.6 Å². The Kier molecular flexibility index (Phi) is 2.61. The van der Waals surface area contributed by atoms with E-state index in [2.05, 4.69) is 21.2 Å². The monoisotopic (exact) mass is 212 g/mol. The number of nitrogens with zero attached hydrogens (tertiary/aromatic N) is 2. The highest BCUT2D eigenvalue weighted by molar-refractivity contribution is 5.79. The van der Waals surface area contributed by atoms with Crippen molar-refractivity contribution in [2.75, 3.05) is 11.1 Å². The number of nitrogens with two attached hydrogens (primary N) is 1. The standard InChI is InChI=1S/C12H12N4/c1-3-8(2)14-12-11(13)15-9-6-4-5-7-10(9)16-12/h1,4-8H,2H3,(H2,13,15)(H,14,16). The molecule has 4 nitrogen and oxygen atoms in total. The van der Waals surface area contributed by atoms with Crippen LogP contribution in [0.3, 0.4) is 0 Å². The number of hydrogen-bond donors (Lipinski definition) is 2. The van der Waals surface area contributed by atoms with Crippen molar-refractivity contribution in [3.63, 3.8) is 0 Å². The molecule has 80 valence electrons. The second kappa shape index (κ2) is 4.07. The third-order valence-corrected chi connectivity index (χ3v) is 2.20. The number of nitrogens with one attached hydrogen (secondary N) is 1. The van der Waals surface area contributed by atoms with E-state index in [-0.39, 0.29) is 6.04 Å². The number of anilines is 2. The zero-order chi connectivity index (χ0) is 11.5. The molecular weight excluding hydrogens is 200 g/mol. The Bertz CT molecular complexity index is 556. The highest BCUT2D eigenvalue weighted by Crippen LogP contribution is 2.18. The van der Waals surface area contributed by atoms with Crippen molar-refractivity contribution < 1.29 is 0 Å². The summed E-state index contributed by atoms with van der Waals surface area (Å²) in [6.07, 6.45) is 5.28. The summed E-state index contributed by atoms with van der Waals surface area (Å²) in [4.78, 5) is 8.62. The molecule has 0 fully saturated rings. The minimum absolute atomic E-state index is 0.127. The van der Waals surface area contributed by atoms with Gasteiger partial charge in [-0.05, 0) is 19.1 Å². The van der Waals surface area contributed by atoms with Crippen molar-refractivity contribution in [1.82, 2.24) is 9.97 Å². The molecule has 1 aromatic carbocycles. The highest BCUT2D eigenvalue weighted by atomic mass is 15.1. The number of fused-ring (bicyclic) bond motifs is 1. The summed E-state index contributed by atoms with van der Waals surface area (Å²) in [6, 6.07) is 7.42. The molecule has 3 N–H and O–H groups in total. The molecule has 0 aliphatic carbocycles. The minimum atomic E-state index is -0.127. The second-order valence-corrected chi connectivity index (χ2v) is 3.48. The van der Waals surface area contributed by atoms with Crippen LogP contribution in [0.5, 0.6) is 0 Å². The number of aromatic nitrogens is 2. The van der Waals surface area contributed by atoms with E-state index in [1.807, 2.05) is 31.2 Å². The van der Waals surface area contributed by atoms with Gasteiger partial charge >= 0.3 is 0 Å². The number of para-hydroxylation sites is 2. The number of nitrogen functional groups attached to an aromatic ring is 1. The fourth-order valence-corrected chi connectivity index (χ4v) is 1.37. The van der Waals surface area contributed by atoms with E-state index in [9.17, 15) is 0 Å². The van der Waals surface area contributed by atoms with Gasteiger partial charge in [0.05, 0.1) is 17.1 Å². The molecule has 0 spiro atoms. The SMILES string of the molecule is C#CC(C)Nc1nc2ccccc2nc1N. The lowest BCUT2D eigenvalue weighted by Gasteiger charge is -2.10. The summed E-state index contributed by atoms with van der Waals surface area (Å²) in [7, 11) is 0. The first kappa shape index (κ1) is 10.2. The van der Waals surface area contributed by atoms with Gasteiger partial charge in [-0.25, -0.2) is 9.97 Å². The fraction of sp³-hybridized carbons (Fsp3) is 0.167. The molecule has 0 radical (unpaired) electrons. The van der Waals surface area contributed by atoms with Crippen LogP contribution < -0.4 is 11.1 Å². The van der Waals surface area contributed by atoms with Gasteiger partial charge in [0.1, 0.15) is 0 Å². The second-order valence-electron chi connectivity index (χ2n) is 3.48. The Balaban J connectivity index is 2.47. The van der Waals surface area contributed by atoms with Crippen LogP contribution in [-0.4, -0.2) is 16.0 Å². The Morgan fingerprint density at radius 3 is 2.56 bits per heavy atom. The van der Waals surface area contributed by atoms with Crippen LogP contribution in [0.25, 0.3) is 11.0 Å². The number of benzene rings is 1. The van der Waals surface area contributed by atoms with E-state index < -0.39 is 0 Å². The maximum absolute atomic E-state index is 5.78. The first-order valence-corrected chi connectivity index (χ1v) is 4.95. The number of terminal acetylenes is 1. The van der Waals surface area contributed by atoms with E-state index in [1.54, 1.807) is 0 Å². The molecule has 0 saturated carbocycles. The van der Waals surface area contributed by atoms with Crippen LogP contribution >= 0.6 is 0 Å². The number of hydrogen-bond acceptors (Lipinski definition) is 4. The molecule has 0 bridgehead atoms. The van der Waals surface area contributed by atoms with E-state index >= 15 is 0 Å². The van der Waals surface area contributed by atoms with Crippen molar-refractivity contribution in [1.29, 1.82) is 0 Å². The Labute approximate surface area is 93.9 Å². The molecule has 1 aromatic heterocycles. The van der Waals surface area contributed by atoms with Crippen LogP contribution in [0.1, 0.15) is 6.92 Å². The van der Waals surface area contributed by atoms with Crippen LogP contribution in [0.2, 0.25) is 0 Å². The largest absolute Gasteiger partial charge is 0.381 e. The smallest absolute Gasteiger partial charge is 0.170 e. The van der Waals surface area contributed by atoms with Crippen molar-refractivity contribution in [3.05, 3.63) is 24.3 Å². The van der Waals surface area contributed by atoms with Crippen molar-refractivity contribution >= 4 is 22.7 Å². The lowest BCUT2D eigenvalue weighted by atomic mass is 10.3. The quantitative estimate of drug-likeness (QED) is 0.743. The maximum Gasteiger partial charge on any atom is 0.170 e. The van der Waals surface area contributed by atoms with Crippen LogP contribution in [0.15, 0.2) is 24.3 Å². The lowest BCUT2D eigenvalue weighted by Crippen LogP contribution is -2.15. The molecule has 0 aliphatic heterocycles. The summed E-state index contributed by atoms with van der Waals surface area (Å²) in [5.41, 5.74) is 7.36. The van der Waals surface area contributed by atoms with Gasteiger partial charge in [-0.15, -0.1) is 6.42 Å². The van der Waals surface area contributed by atoms with Gasteiger partial charge in [0.25, 0.3) is 0 Å². The predicted molar refractivity (Wildman–Crippen MR) is 65.9 cm³/mol. The first-order chi connectivity index (χ1) is 7.70. The summed E-state index contributed by atoms with van der Waals surface area (Å²) in [6.45, 7) is 1.86. The zero-order valence-corrected chi connectivity index (χ0v) is 8.94. The van der Waals surface area contributed by atoms with Gasteiger partial charge in [-0.1, -0.05) is 18.1 Å². The van der Waals surface area contributed by atoms with Crippen LogP contribution in [0, 0.1) is 12.3 Å². The van der Waals surface area contributed by atoms with Gasteiger partial charge in [0.2, 0.25) is 0 Å². The van der Waals surface area contributed by atoms with Gasteiger partial charge < -0.3 is 11.1 Å². The molecule has 16 heavy (non-hydrogen) atoms. The van der Waals surface area contributed by atoms with Gasteiger partial charge in [-0.3, -0.25) is 0 Å². The topological polar surface area (TPSA) is 63.8 Å². The fourth-order valence-electron chi connectivity index (χ4n) is 1.37. The van der Waals surface area contributed by atoms with E-state index in [0.29, 0.717) is 11.6 Å². The molecule has 1 atom stereocenters. The molecule has 0 saturated heterocycles. The van der Waals surface area contributed by atoms with Gasteiger partial charge in [0, 0.05) is 0 Å². The van der Waals surface area contributed by atoms with Crippen LogP contribution in [0.4, 0.5) is 11.6 Å². The molecule has 1 heterocycles. The zero-order valence-electron chi connectivity index (χ0n) is 8.94. The Morgan fingerprint density at radius 1 is 1.31 bits per heavy atom. The summed E-state index contributed by atoms with van der Waals surface area (Å²) in [5.74, 6) is 3.45. The lowest BCUT2D eigenvalue weighted by molar-refractivity contribution is 1.02. The van der Waals surface area contributed by atoms with E-state index in [4.69, 9.17) is 12.2 Å². The normalized spacial score (nSPS) is 12.0. The average Bonchev–Trinajstić information content (AvgIpc) is 2.30. The van der Waals surface area contributed by atoms with Crippen molar-refractivity contribution in [2.24, 2.45) is 0 Å². The van der Waals surface area contributed by atoms with Crippen molar-refractivity contribution in [3.8, 4) is 12.3 Å². The van der Waals surface area contributed by atoms with E-state index in [0.717, 1.165) is 11.0 Å². The first-order valence-electron chi connectivity index (χ1n) is 4.95. The average molecular weight is 212 g/mol. The van der Waals surface area contributed by atoms with E-state index in [1.165, 1.54) is 0 Å². The molecular formula is C12H12N4. The molecule has 0 aliphatic rings. The molecule has 1 unspecified atom stereocenters. The molecule has 2 rings (SSSR count). The predicted octanol–water partition coefficient (Wildman–Crippen LogP) is 1.65. The summed E-state index contributed by atoms with van der Waals surface area (Å²) < 4.78 is 0. The Morgan fingerprint density at radius 2 is 1.94 bits per heavy atom.